The lowest BCUT2D eigenvalue weighted by Crippen LogP contribution is -2.32. The predicted molar refractivity (Wildman–Crippen MR) is 100 cm³/mol. The van der Waals surface area contributed by atoms with E-state index in [0.29, 0.717) is 11.5 Å². The number of carbonyl (C=O) groups excluding carboxylic acids is 1. The topological polar surface area (TPSA) is 101 Å². The van der Waals surface area contributed by atoms with Gasteiger partial charge in [-0.3, -0.25) is 9.59 Å². The van der Waals surface area contributed by atoms with E-state index in [4.69, 9.17) is 0 Å². The number of carbonyl (C=O) groups is 1. The molecule has 3 rings (SSSR count). The lowest BCUT2D eigenvalue weighted by Gasteiger charge is -2.12. The number of rotatable bonds is 7. The van der Waals surface area contributed by atoms with E-state index in [1.165, 1.54) is 49.1 Å². The molecule has 1 aliphatic carbocycles. The van der Waals surface area contributed by atoms with Crippen molar-refractivity contribution >= 4 is 15.9 Å². The summed E-state index contributed by atoms with van der Waals surface area (Å²) < 4.78 is 26.6. The molecule has 1 aromatic heterocycles. The summed E-state index contributed by atoms with van der Waals surface area (Å²) >= 11 is 0. The van der Waals surface area contributed by atoms with Crippen LogP contribution in [0.4, 0.5) is 0 Å². The fourth-order valence-corrected chi connectivity index (χ4v) is 3.49. The van der Waals surface area contributed by atoms with E-state index in [9.17, 15) is 18.0 Å². The van der Waals surface area contributed by atoms with Crippen LogP contribution in [-0.4, -0.2) is 49.1 Å². The van der Waals surface area contributed by atoms with Gasteiger partial charge in [0.25, 0.3) is 11.5 Å². The number of nitrogens with zero attached hydrogens (tertiary/aromatic N) is 3. The maximum absolute atomic E-state index is 12.2. The SMILES string of the molecule is CN(C)S(=O)(=O)c1ccc(C(=O)NCCn2nc(C3CC3)ccc2=O)cc1. The Kier molecular flexibility index (Phi) is 5.43. The first-order valence-electron chi connectivity index (χ1n) is 8.68. The summed E-state index contributed by atoms with van der Waals surface area (Å²) in [5.74, 6) is 0.110. The Morgan fingerprint density at radius 1 is 1.19 bits per heavy atom. The highest BCUT2D eigenvalue weighted by atomic mass is 32.2. The van der Waals surface area contributed by atoms with Gasteiger partial charge in [0.1, 0.15) is 0 Å². The average Bonchev–Trinajstić information content (AvgIpc) is 3.48. The minimum atomic E-state index is -3.53. The molecule has 8 nitrogen and oxygen atoms in total. The Bertz CT molecular complexity index is 993. The van der Waals surface area contributed by atoms with Crippen LogP contribution in [0.25, 0.3) is 0 Å². The summed E-state index contributed by atoms with van der Waals surface area (Å²) in [6.07, 6.45) is 2.20. The molecular weight excluding hydrogens is 368 g/mol. The number of aromatic nitrogens is 2. The van der Waals surface area contributed by atoms with Crippen molar-refractivity contribution in [3.63, 3.8) is 0 Å². The predicted octanol–water partition coefficient (Wildman–Crippen LogP) is 0.801. The van der Waals surface area contributed by atoms with Gasteiger partial charge in [0, 0.05) is 38.2 Å². The second-order valence-electron chi connectivity index (χ2n) is 6.66. The zero-order valence-electron chi connectivity index (χ0n) is 15.3. The molecule has 27 heavy (non-hydrogen) atoms. The maximum Gasteiger partial charge on any atom is 0.266 e. The van der Waals surface area contributed by atoms with Crippen LogP contribution in [0.15, 0.2) is 46.1 Å². The third kappa shape index (κ3) is 4.42. The summed E-state index contributed by atoms with van der Waals surface area (Å²) in [4.78, 5) is 24.2. The van der Waals surface area contributed by atoms with Crippen LogP contribution >= 0.6 is 0 Å². The van der Waals surface area contributed by atoms with Crippen molar-refractivity contribution in [1.29, 1.82) is 0 Å². The summed E-state index contributed by atoms with van der Waals surface area (Å²) in [5.41, 5.74) is 1.06. The Labute approximate surface area is 157 Å². The molecule has 0 atom stereocenters. The van der Waals surface area contributed by atoms with Gasteiger partial charge < -0.3 is 5.32 Å². The van der Waals surface area contributed by atoms with E-state index in [-0.39, 0.29) is 29.5 Å². The first-order valence-corrected chi connectivity index (χ1v) is 10.1. The molecule has 1 aliphatic rings. The Morgan fingerprint density at radius 2 is 1.85 bits per heavy atom. The van der Waals surface area contributed by atoms with E-state index < -0.39 is 10.0 Å². The van der Waals surface area contributed by atoms with Crippen LogP contribution in [0.2, 0.25) is 0 Å². The second-order valence-corrected chi connectivity index (χ2v) is 8.81. The Hall–Kier alpha value is -2.52. The molecule has 1 fully saturated rings. The maximum atomic E-state index is 12.2. The van der Waals surface area contributed by atoms with Crippen LogP contribution in [-0.2, 0) is 16.6 Å². The smallest absolute Gasteiger partial charge is 0.266 e. The minimum Gasteiger partial charge on any atom is -0.350 e. The van der Waals surface area contributed by atoms with Crippen molar-refractivity contribution in [2.75, 3.05) is 20.6 Å². The van der Waals surface area contributed by atoms with Crippen LogP contribution in [0.1, 0.15) is 34.8 Å². The second kappa shape index (κ2) is 7.61. The van der Waals surface area contributed by atoms with E-state index in [1.807, 2.05) is 0 Å². The Morgan fingerprint density at radius 3 is 2.44 bits per heavy atom. The molecule has 1 N–H and O–H groups in total. The monoisotopic (exact) mass is 390 g/mol. The van der Waals surface area contributed by atoms with Crippen molar-refractivity contribution in [3.05, 3.63) is 58.0 Å². The van der Waals surface area contributed by atoms with Gasteiger partial charge in [-0.25, -0.2) is 17.4 Å². The van der Waals surface area contributed by atoms with Crippen LogP contribution in [0.3, 0.4) is 0 Å². The third-order valence-corrected chi connectivity index (χ3v) is 6.22. The fourth-order valence-electron chi connectivity index (χ4n) is 2.59. The van der Waals surface area contributed by atoms with E-state index in [1.54, 1.807) is 6.07 Å². The van der Waals surface area contributed by atoms with Crippen molar-refractivity contribution in [2.24, 2.45) is 0 Å². The number of sulfonamides is 1. The zero-order valence-corrected chi connectivity index (χ0v) is 16.1. The summed E-state index contributed by atoms with van der Waals surface area (Å²) in [7, 11) is -0.631. The van der Waals surface area contributed by atoms with Crippen molar-refractivity contribution in [2.45, 2.75) is 30.2 Å². The number of hydrogen-bond acceptors (Lipinski definition) is 5. The number of hydrogen-bond donors (Lipinski definition) is 1. The molecule has 0 unspecified atom stereocenters. The van der Waals surface area contributed by atoms with E-state index in [0.717, 1.165) is 22.8 Å². The van der Waals surface area contributed by atoms with Crippen molar-refractivity contribution < 1.29 is 13.2 Å². The zero-order chi connectivity index (χ0) is 19.6. The third-order valence-electron chi connectivity index (χ3n) is 4.39. The van der Waals surface area contributed by atoms with Crippen LogP contribution in [0, 0.1) is 0 Å². The van der Waals surface area contributed by atoms with Crippen LogP contribution < -0.4 is 10.9 Å². The number of nitrogens with one attached hydrogen (secondary N) is 1. The van der Waals surface area contributed by atoms with E-state index >= 15 is 0 Å². The van der Waals surface area contributed by atoms with Gasteiger partial charge in [-0.1, -0.05) is 0 Å². The lowest BCUT2D eigenvalue weighted by atomic mass is 10.2. The molecule has 9 heteroatoms. The van der Waals surface area contributed by atoms with Crippen molar-refractivity contribution in [3.8, 4) is 0 Å². The normalized spacial score (nSPS) is 14.3. The standard InChI is InChI=1S/C18H22N4O4S/c1-21(2)27(25,26)15-7-5-14(6-8-15)18(24)19-11-12-22-17(23)10-9-16(20-22)13-3-4-13/h5-10,13H,3-4,11-12H2,1-2H3,(H,19,24). The minimum absolute atomic E-state index is 0.122. The van der Waals surface area contributed by atoms with Crippen LogP contribution in [0.5, 0.6) is 0 Å². The molecule has 0 bridgehead atoms. The van der Waals surface area contributed by atoms with Gasteiger partial charge in [0.2, 0.25) is 10.0 Å². The molecule has 1 aromatic carbocycles. The molecule has 0 saturated heterocycles. The number of benzene rings is 1. The van der Waals surface area contributed by atoms with Crippen molar-refractivity contribution in [1.82, 2.24) is 19.4 Å². The van der Waals surface area contributed by atoms with Gasteiger partial charge in [0.15, 0.2) is 0 Å². The number of amides is 1. The highest BCUT2D eigenvalue weighted by Gasteiger charge is 2.25. The molecule has 1 heterocycles. The highest BCUT2D eigenvalue weighted by Crippen LogP contribution is 2.38. The Balaban J connectivity index is 1.60. The first kappa shape index (κ1) is 19.2. The molecule has 0 spiro atoms. The molecule has 2 aromatic rings. The summed E-state index contributed by atoms with van der Waals surface area (Å²) in [6.45, 7) is 0.524. The molecule has 144 valence electrons. The molecule has 1 saturated carbocycles. The molecule has 0 aliphatic heterocycles. The quantitative estimate of drug-likeness (QED) is 0.754. The van der Waals surface area contributed by atoms with Gasteiger partial charge in [0.05, 0.1) is 17.1 Å². The average molecular weight is 390 g/mol. The largest absolute Gasteiger partial charge is 0.350 e. The molecule has 1 amide bonds. The molecule has 0 radical (unpaired) electrons. The van der Waals surface area contributed by atoms with Gasteiger partial charge in [-0.2, -0.15) is 5.10 Å². The van der Waals surface area contributed by atoms with Gasteiger partial charge >= 0.3 is 0 Å². The molecular formula is C18H22N4O4S. The highest BCUT2D eigenvalue weighted by molar-refractivity contribution is 7.89. The van der Waals surface area contributed by atoms with Gasteiger partial charge in [-0.15, -0.1) is 0 Å². The summed E-state index contributed by atoms with van der Waals surface area (Å²) in [6, 6.07) is 8.99. The lowest BCUT2D eigenvalue weighted by molar-refractivity contribution is 0.0951. The van der Waals surface area contributed by atoms with E-state index in [2.05, 4.69) is 10.4 Å². The van der Waals surface area contributed by atoms with Gasteiger partial charge in [-0.05, 0) is 43.2 Å². The first-order chi connectivity index (χ1) is 12.8. The summed E-state index contributed by atoms with van der Waals surface area (Å²) in [5, 5.41) is 7.06. The fraction of sp³-hybridized carbons (Fsp3) is 0.389.